The van der Waals surface area contributed by atoms with Gasteiger partial charge in [0.1, 0.15) is 0 Å². The van der Waals surface area contributed by atoms with E-state index in [4.69, 9.17) is 19.6 Å². The molecule has 0 aliphatic rings. The predicted octanol–water partition coefficient (Wildman–Crippen LogP) is 6.24. The molecule has 0 unspecified atom stereocenters. The van der Waals surface area contributed by atoms with Gasteiger partial charge in [0.25, 0.3) is 0 Å². The average Bonchev–Trinajstić information content (AvgIpc) is 3.35. The first-order valence-electron chi connectivity index (χ1n) is 13.1. The monoisotopic (exact) mass is 470 g/mol. The van der Waals surface area contributed by atoms with Gasteiger partial charge in [0.05, 0.1) is 0 Å². The summed E-state index contributed by atoms with van der Waals surface area (Å²) in [5, 5.41) is 0.484. The number of nitrogens with zero attached hydrogens (tertiary/aromatic N) is 3. The molecule has 6 aromatic rings. The van der Waals surface area contributed by atoms with Crippen molar-refractivity contribution < 1.29 is 9.60 Å². The van der Waals surface area contributed by atoms with Crippen LogP contribution in [0.25, 0.3) is 53.5 Å². The van der Waals surface area contributed by atoms with Gasteiger partial charge in [0.2, 0.25) is 0 Å². The summed E-state index contributed by atoms with van der Waals surface area (Å²) in [4.78, 5) is 14.1. The van der Waals surface area contributed by atoms with Crippen molar-refractivity contribution in [2.45, 2.75) is 0 Å². The van der Waals surface area contributed by atoms with Crippen molar-refractivity contribution in [2.75, 3.05) is 0 Å². The molecule has 0 fully saturated rings. The quantitative estimate of drug-likeness (QED) is 0.288. The first-order valence-corrected chi connectivity index (χ1v) is 11.3. The molecule has 0 saturated heterocycles. The Labute approximate surface area is 195 Å². The van der Waals surface area contributed by atoms with Gasteiger partial charge in [-0.15, -0.1) is 0 Å². The summed E-state index contributed by atoms with van der Waals surface area (Å²) in [6, 6.07) is 16.8. The van der Waals surface area contributed by atoms with Crippen LogP contribution in [0.3, 0.4) is 0 Å². The molecule has 0 saturated carbocycles. The van der Waals surface area contributed by atoms with E-state index in [0.29, 0.717) is 20.2 Å². The fourth-order valence-electron chi connectivity index (χ4n) is 3.41. The molecule has 0 aliphatic heterocycles. The topological polar surface area (TPSA) is 38.7 Å². The molecular formula is C27H17N3Se. The second-order valence-electron chi connectivity index (χ2n) is 6.80. The number of hydrogen-bond acceptors (Lipinski definition) is 3. The second-order valence-corrected chi connectivity index (χ2v) is 8.94. The molecule has 3 nitrogen and oxygen atoms in total. The summed E-state index contributed by atoms with van der Waals surface area (Å²) in [5.74, 6) is 0.935. The Balaban J connectivity index is 1.76. The number of benzene rings is 4. The van der Waals surface area contributed by atoms with Gasteiger partial charge in [-0.1, -0.05) is 0 Å². The SMILES string of the molecule is [2H]c1c([2H])c([2H])c2c([se]c3c(-c4nc(-c5ccccc5)nc(-c5ccccc5)n4)c([2H])c([2H])c([2H])c32)c1[2H]. The van der Waals surface area contributed by atoms with Crippen LogP contribution in [0, 0.1) is 0 Å². The zero-order valence-electron chi connectivity index (χ0n) is 23.0. The van der Waals surface area contributed by atoms with Crippen LogP contribution >= 0.6 is 0 Å². The molecule has 0 spiro atoms. The molecule has 0 N–H and O–H groups in total. The normalized spacial score (nSPS) is 14.4. The van der Waals surface area contributed by atoms with Gasteiger partial charge in [-0.3, -0.25) is 0 Å². The molecule has 2 heterocycles. The van der Waals surface area contributed by atoms with E-state index >= 15 is 0 Å². The van der Waals surface area contributed by atoms with Crippen LogP contribution in [0.2, 0.25) is 0 Å². The van der Waals surface area contributed by atoms with Crippen LogP contribution in [0.15, 0.2) is 103 Å². The van der Waals surface area contributed by atoms with E-state index in [1.165, 1.54) is 0 Å². The summed E-state index contributed by atoms with van der Waals surface area (Å²) in [5.41, 5.74) is 1.74. The molecule has 4 heteroatoms. The summed E-state index contributed by atoms with van der Waals surface area (Å²) in [6.07, 6.45) is 0. The van der Waals surface area contributed by atoms with E-state index in [1.54, 1.807) is 0 Å². The zero-order valence-corrected chi connectivity index (χ0v) is 17.7. The van der Waals surface area contributed by atoms with Crippen molar-refractivity contribution in [3.63, 3.8) is 0 Å². The Hall–Kier alpha value is -3.59. The Kier molecular flexibility index (Phi) is 3.01. The van der Waals surface area contributed by atoms with Crippen LogP contribution in [0.1, 0.15) is 9.60 Å². The van der Waals surface area contributed by atoms with Crippen molar-refractivity contribution in [2.24, 2.45) is 0 Å². The molecule has 4 aromatic carbocycles. The first-order chi connectivity index (χ1) is 18.3. The molecule has 6 rings (SSSR count). The molecule has 31 heavy (non-hydrogen) atoms. The second kappa shape index (κ2) is 7.59. The van der Waals surface area contributed by atoms with Crippen LogP contribution in [0.5, 0.6) is 0 Å². The van der Waals surface area contributed by atoms with Crippen LogP contribution in [-0.4, -0.2) is 29.5 Å². The summed E-state index contributed by atoms with van der Waals surface area (Å²) in [7, 11) is 0. The van der Waals surface area contributed by atoms with Gasteiger partial charge in [-0.2, -0.15) is 0 Å². The third kappa shape index (κ3) is 3.27. The molecule has 0 bridgehead atoms. The Morgan fingerprint density at radius 2 is 1.16 bits per heavy atom. The maximum absolute atomic E-state index is 8.83. The minimum absolute atomic E-state index is 0.161. The van der Waals surface area contributed by atoms with Gasteiger partial charge < -0.3 is 0 Å². The van der Waals surface area contributed by atoms with Crippen molar-refractivity contribution in [3.8, 4) is 34.2 Å². The Morgan fingerprint density at radius 3 is 1.84 bits per heavy atom. The van der Waals surface area contributed by atoms with Gasteiger partial charge >= 0.3 is 195 Å². The van der Waals surface area contributed by atoms with Crippen molar-refractivity contribution in [1.29, 1.82) is 0 Å². The third-order valence-electron chi connectivity index (χ3n) is 4.86. The van der Waals surface area contributed by atoms with Crippen molar-refractivity contribution >= 4 is 33.8 Å². The number of rotatable bonds is 3. The van der Waals surface area contributed by atoms with Gasteiger partial charge in [0.15, 0.2) is 0 Å². The zero-order chi connectivity index (χ0) is 26.7. The van der Waals surface area contributed by atoms with E-state index in [2.05, 4.69) is 4.98 Å². The van der Waals surface area contributed by atoms with Crippen LogP contribution in [-0.2, 0) is 0 Å². The van der Waals surface area contributed by atoms with Gasteiger partial charge in [-0.25, -0.2) is 0 Å². The molecule has 0 atom stereocenters. The predicted molar refractivity (Wildman–Crippen MR) is 128 cm³/mol. The minimum atomic E-state index is -0.665. The molecule has 0 radical (unpaired) electrons. The number of fused-ring (bicyclic) bond motifs is 3. The number of aromatic nitrogens is 3. The summed E-state index contributed by atoms with van der Waals surface area (Å²) < 4.78 is 60.2. The molecule has 2 aromatic heterocycles. The Morgan fingerprint density at radius 1 is 0.581 bits per heavy atom. The summed E-state index contributed by atoms with van der Waals surface area (Å²) in [6.45, 7) is 0. The average molecular weight is 469 g/mol. The van der Waals surface area contributed by atoms with E-state index in [1.807, 2.05) is 60.7 Å². The van der Waals surface area contributed by atoms with E-state index in [0.717, 1.165) is 11.1 Å². The fourth-order valence-corrected chi connectivity index (χ4v) is 5.63. The molecule has 0 amide bonds. The van der Waals surface area contributed by atoms with Crippen LogP contribution in [0.4, 0.5) is 0 Å². The fraction of sp³-hybridized carbons (Fsp3) is 0. The van der Waals surface area contributed by atoms with E-state index in [-0.39, 0.29) is 58.4 Å². The maximum atomic E-state index is 8.83. The van der Waals surface area contributed by atoms with Gasteiger partial charge in [-0.05, 0) is 0 Å². The first kappa shape index (κ1) is 12.3. The standard InChI is InChI=1S/C27H17N3Se/c1-3-10-18(11-4-1)25-28-26(19-12-5-2-6-13-19)30-27(29-25)22-16-9-15-21-20-14-7-8-17-23(20)31-24(21)22/h1-17H/i7D,8D,9D,14D,15D,16D,17D. The van der Waals surface area contributed by atoms with Crippen LogP contribution < -0.4 is 0 Å². The van der Waals surface area contributed by atoms with E-state index in [9.17, 15) is 0 Å². The number of hydrogen-bond donors (Lipinski definition) is 0. The Bertz CT molecular complexity index is 1830. The molecule has 146 valence electrons. The van der Waals surface area contributed by atoms with Crippen molar-refractivity contribution in [3.05, 3.63) is 103 Å². The van der Waals surface area contributed by atoms with Gasteiger partial charge in [0, 0.05) is 0 Å². The third-order valence-corrected chi connectivity index (χ3v) is 7.21. The molecular weight excluding hydrogens is 445 g/mol. The summed E-state index contributed by atoms with van der Waals surface area (Å²) >= 11 is -0.665. The van der Waals surface area contributed by atoms with E-state index < -0.39 is 20.5 Å². The molecule has 0 aliphatic carbocycles. The van der Waals surface area contributed by atoms with Crippen molar-refractivity contribution in [1.82, 2.24) is 15.0 Å².